The molecule has 0 radical (unpaired) electrons. The van der Waals surface area contributed by atoms with Crippen molar-refractivity contribution in [2.75, 3.05) is 6.54 Å². The second-order valence-corrected chi connectivity index (χ2v) is 15.9. The van der Waals surface area contributed by atoms with E-state index in [1.807, 2.05) is 86.8 Å². The smallest absolute Gasteiger partial charge is 0.407 e. The van der Waals surface area contributed by atoms with Crippen LogP contribution in [0.15, 0.2) is 77.8 Å². The Morgan fingerprint density at radius 1 is 0.943 bits per heavy atom. The summed E-state index contributed by atoms with van der Waals surface area (Å²) in [7, 11) is 0. The van der Waals surface area contributed by atoms with Gasteiger partial charge in [-0.2, -0.15) is 0 Å². The molecule has 11 nitrogen and oxygen atoms in total. The number of aromatic nitrogens is 2. The van der Waals surface area contributed by atoms with Crippen LogP contribution in [0.2, 0.25) is 0 Å². The third-order valence-corrected chi connectivity index (χ3v) is 11.4. The fourth-order valence-corrected chi connectivity index (χ4v) is 8.16. The molecule has 2 aromatic carbocycles. The first-order valence-corrected chi connectivity index (χ1v) is 20.3. The van der Waals surface area contributed by atoms with E-state index in [2.05, 4.69) is 20.9 Å². The molecule has 0 unspecified atom stereocenters. The molecule has 2 aromatic heterocycles. The zero-order valence-corrected chi connectivity index (χ0v) is 32.4. The molecule has 4 N–H and O–H groups in total. The van der Waals surface area contributed by atoms with Gasteiger partial charge in [0.05, 0.1) is 39.8 Å². The maximum Gasteiger partial charge on any atom is 0.407 e. The summed E-state index contributed by atoms with van der Waals surface area (Å²) in [5, 5.41) is 23.9. The van der Waals surface area contributed by atoms with Crippen LogP contribution >= 0.6 is 22.7 Å². The standard InChI is InChI=1S/C40H52N6O5S2/c1-4-46(23-32-25-52-38(43-32)30-17-11-12-18-30)39(49)45-36(27(2)3)37(48)42-31(19-28-13-7-5-8-14-28)21-35(47)34(20-29-15-9-6-10-16-29)44-40(50)51-24-33-22-41-26-53-33/h5-10,13-16,22,25-27,30-31,34-36,47H,4,11-12,17-21,23-24H2,1-3H3,(H,42,48)(H,44,50)(H,45,49)/t31-,34-,35-,36-/m0/s1. The fourth-order valence-electron chi connectivity index (χ4n) is 6.67. The average Bonchev–Trinajstić information content (AvgIpc) is 3.96. The van der Waals surface area contributed by atoms with Crippen molar-refractivity contribution in [2.45, 2.75) is 109 Å². The largest absolute Gasteiger partial charge is 0.444 e. The minimum Gasteiger partial charge on any atom is -0.444 e. The number of carbonyl (C=O) groups is 3. The van der Waals surface area contributed by atoms with Gasteiger partial charge in [0.1, 0.15) is 12.6 Å². The van der Waals surface area contributed by atoms with Crippen molar-refractivity contribution in [3.8, 4) is 0 Å². The van der Waals surface area contributed by atoms with Gasteiger partial charge in [0, 0.05) is 30.1 Å². The third-order valence-electron chi connectivity index (χ3n) is 9.62. The molecule has 13 heteroatoms. The number of ether oxygens (including phenoxy) is 1. The summed E-state index contributed by atoms with van der Waals surface area (Å²) in [5.41, 5.74) is 4.44. The number of alkyl carbamates (subject to hydrolysis) is 1. The first-order chi connectivity index (χ1) is 25.7. The van der Waals surface area contributed by atoms with Crippen LogP contribution in [0.1, 0.15) is 85.5 Å². The molecule has 1 fully saturated rings. The van der Waals surface area contributed by atoms with Gasteiger partial charge < -0.3 is 30.7 Å². The minimum atomic E-state index is -1.05. The number of aliphatic hydroxyl groups excluding tert-OH is 1. The Morgan fingerprint density at radius 3 is 2.25 bits per heavy atom. The Balaban J connectivity index is 1.27. The van der Waals surface area contributed by atoms with E-state index in [0.29, 0.717) is 31.8 Å². The highest BCUT2D eigenvalue weighted by Crippen LogP contribution is 2.35. The first-order valence-electron chi connectivity index (χ1n) is 18.5. The van der Waals surface area contributed by atoms with Crippen molar-refractivity contribution >= 4 is 40.7 Å². The zero-order chi connectivity index (χ0) is 37.6. The predicted octanol–water partition coefficient (Wildman–Crippen LogP) is 6.83. The predicted molar refractivity (Wildman–Crippen MR) is 209 cm³/mol. The van der Waals surface area contributed by atoms with E-state index in [-0.39, 0.29) is 30.9 Å². The van der Waals surface area contributed by atoms with E-state index >= 15 is 0 Å². The summed E-state index contributed by atoms with van der Waals surface area (Å²) in [5.74, 6) is -0.0401. The van der Waals surface area contributed by atoms with Crippen LogP contribution in [-0.4, -0.2) is 68.8 Å². The number of aliphatic hydroxyl groups is 1. The lowest BCUT2D eigenvalue weighted by atomic mass is 9.93. The molecule has 5 rings (SSSR count). The molecule has 2 heterocycles. The van der Waals surface area contributed by atoms with Gasteiger partial charge in [0.25, 0.3) is 0 Å². The number of benzene rings is 2. The van der Waals surface area contributed by atoms with Gasteiger partial charge in [-0.15, -0.1) is 22.7 Å². The van der Waals surface area contributed by atoms with Crippen molar-refractivity contribution in [1.82, 2.24) is 30.8 Å². The monoisotopic (exact) mass is 760 g/mol. The molecule has 1 aliphatic rings. The number of carbonyl (C=O) groups excluding carboxylic acids is 3. The van der Waals surface area contributed by atoms with Crippen molar-refractivity contribution in [3.05, 3.63) is 104 Å². The molecule has 4 aromatic rings. The van der Waals surface area contributed by atoms with Crippen LogP contribution in [-0.2, 0) is 35.5 Å². The Kier molecular flexibility index (Phi) is 15.2. The maximum atomic E-state index is 14.0. The molecular formula is C40H52N6O5S2. The van der Waals surface area contributed by atoms with Gasteiger partial charge in [-0.3, -0.25) is 9.78 Å². The van der Waals surface area contributed by atoms with Crippen LogP contribution in [0.25, 0.3) is 0 Å². The van der Waals surface area contributed by atoms with Crippen molar-refractivity contribution in [1.29, 1.82) is 0 Å². The Morgan fingerprint density at radius 2 is 1.62 bits per heavy atom. The second kappa shape index (κ2) is 20.2. The molecule has 0 saturated heterocycles. The van der Waals surface area contributed by atoms with E-state index in [1.54, 1.807) is 27.9 Å². The number of rotatable bonds is 18. The summed E-state index contributed by atoms with van der Waals surface area (Å²) in [4.78, 5) is 52.0. The SMILES string of the molecule is CCN(Cc1csc(C2CCCC2)n1)C(=O)N[C@H](C(=O)N[C@@H](Cc1ccccc1)C[C@H](O)[C@H](Cc1ccccc1)NC(=O)OCc1cncs1)C(C)C. The summed E-state index contributed by atoms with van der Waals surface area (Å²) in [6.07, 6.45) is 5.68. The molecule has 284 valence electrons. The molecule has 0 aliphatic heterocycles. The van der Waals surface area contributed by atoms with Crippen LogP contribution in [0.4, 0.5) is 9.59 Å². The maximum absolute atomic E-state index is 14.0. The molecule has 0 bridgehead atoms. The lowest BCUT2D eigenvalue weighted by Crippen LogP contribution is -2.56. The van der Waals surface area contributed by atoms with Gasteiger partial charge in [0.15, 0.2) is 0 Å². The zero-order valence-electron chi connectivity index (χ0n) is 30.8. The minimum absolute atomic E-state index is 0.0698. The lowest BCUT2D eigenvalue weighted by molar-refractivity contribution is -0.124. The van der Waals surface area contributed by atoms with E-state index in [1.165, 1.54) is 37.0 Å². The molecule has 4 amide bonds. The Labute approximate surface area is 320 Å². The highest BCUT2D eigenvalue weighted by molar-refractivity contribution is 7.09. The third kappa shape index (κ3) is 12.4. The van der Waals surface area contributed by atoms with Crippen molar-refractivity contribution in [2.24, 2.45) is 5.92 Å². The van der Waals surface area contributed by atoms with E-state index in [4.69, 9.17) is 9.72 Å². The molecular weight excluding hydrogens is 709 g/mol. The van der Waals surface area contributed by atoms with Gasteiger partial charge in [-0.1, -0.05) is 87.4 Å². The van der Waals surface area contributed by atoms with Crippen LogP contribution in [0.5, 0.6) is 0 Å². The van der Waals surface area contributed by atoms with Gasteiger partial charge in [-0.05, 0) is 56.1 Å². The summed E-state index contributed by atoms with van der Waals surface area (Å²) in [6.45, 7) is 6.60. The molecule has 53 heavy (non-hydrogen) atoms. The number of nitrogens with zero attached hydrogens (tertiary/aromatic N) is 3. The summed E-state index contributed by atoms with van der Waals surface area (Å²) in [6, 6.07) is 16.9. The lowest BCUT2D eigenvalue weighted by Gasteiger charge is -2.31. The average molecular weight is 761 g/mol. The van der Waals surface area contributed by atoms with E-state index < -0.39 is 30.3 Å². The highest BCUT2D eigenvalue weighted by Gasteiger charge is 2.31. The Hall–Kier alpha value is -4.33. The number of nitrogens with one attached hydrogen (secondary N) is 3. The van der Waals surface area contributed by atoms with Gasteiger partial charge in [-0.25, -0.2) is 14.6 Å². The molecule has 0 spiro atoms. The van der Waals surface area contributed by atoms with Crippen LogP contribution in [0, 0.1) is 5.92 Å². The number of hydrogen-bond acceptors (Lipinski definition) is 9. The summed E-state index contributed by atoms with van der Waals surface area (Å²) < 4.78 is 5.45. The van der Waals surface area contributed by atoms with Crippen LogP contribution < -0.4 is 16.0 Å². The van der Waals surface area contributed by atoms with E-state index in [0.717, 1.165) is 26.7 Å². The molecule has 1 saturated carbocycles. The van der Waals surface area contributed by atoms with Crippen LogP contribution in [0.3, 0.4) is 0 Å². The van der Waals surface area contributed by atoms with E-state index in [9.17, 15) is 19.5 Å². The number of hydrogen-bond donors (Lipinski definition) is 4. The topological polar surface area (TPSA) is 146 Å². The highest BCUT2D eigenvalue weighted by atomic mass is 32.1. The number of amides is 4. The molecule has 1 aliphatic carbocycles. The summed E-state index contributed by atoms with van der Waals surface area (Å²) >= 11 is 3.05. The molecule has 4 atom stereocenters. The number of urea groups is 1. The normalized spacial score (nSPS) is 15.3. The first kappa shape index (κ1) is 39.9. The van der Waals surface area contributed by atoms with Gasteiger partial charge in [0.2, 0.25) is 5.91 Å². The quantitative estimate of drug-likeness (QED) is 0.0870. The fraction of sp³-hybridized carbons (Fsp3) is 0.475. The Bertz CT molecular complexity index is 1700. The van der Waals surface area contributed by atoms with Crippen molar-refractivity contribution in [3.63, 3.8) is 0 Å². The second-order valence-electron chi connectivity index (χ2n) is 14.0. The number of thiazole rings is 2. The van der Waals surface area contributed by atoms with Crippen molar-refractivity contribution < 1.29 is 24.2 Å². The van der Waals surface area contributed by atoms with Gasteiger partial charge >= 0.3 is 12.1 Å².